The monoisotopic (exact) mass is 354 g/mol. The third-order valence-corrected chi connectivity index (χ3v) is 4.66. The molecule has 1 fully saturated rings. The molecular weight excluding hydrogens is 318 g/mol. The molecule has 2 nitrogen and oxygen atoms in total. The fourth-order valence-electron chi connectivity index (χ4n) is 3.37. The zero-order chi connectivity index (χ0) is 18.8. The molecule has 0 radical (unpaired) electrons. The second-order valence-electron chi connectivity index (χ2n) is 6.85. The van der Waals surface area contributed by atoms with Gasteiger partial charge in [0.05, 0.1) is 0 Å². The lowest BCUT2D eigenvalue weighted by Gasteiger charge is -2.30. The lowest BCUT2D eigenvalue weighted by Crippen LogP contribution is -2.32. The van der Waals surface area contributed by atoms with Crippen LogP contribution in [0.25, 0.3) is 0 Å². The summed E-state index contributed by atoms with van der Waals surface area (Å²) >= 11 is 0. The Hall–Kier alpha value is -1.16. The third-order valence-electron chi connectivity index (χ3n) is 4.66. The number of likely N-dealkylation sites (tertiary alicyclic amines) is 1. The van der Waals surface area contributed by atoms with Gasteiger partial charge in [0.1, 0.15) is 17.3 Å². The van der Waals surface area contributed by atoms with Gasteiger partial charge in [0.2, 0.25) is 0 Å². The first-order valence-corrected chi connectivity index (χ1v) is 10.00. The summed E-state index contributed by atoms with van der Waals surface area (Å²) in [6.07, 6.45) is 4.10. The largest absolute Gasteiger partial charge is 0.367 e. The van der Waals surface area contributed by atoms with Gasteiger partial charge in [0.25, 0.3) is 0 Å². The van der Waals surface area contributed by atoms with Crippen molar-refractivity contribution in [2.45, 2.75) is 66.8 Å². The van der Waals surface area contributed by atoms with E-state index in [1.54, 1.807) is 0 Å². The highest BCUT2D eigenvalue weighted by Gasteiger charge is 2.20. The first-order chi connectivity index (χ1) is 12.0. The zero-order valence-electron chi connectivity index (χ0n) is 16.7. The van der Waals surface area contributed by atoms with Crippen LogP contribution in [0.3, 0.4) is 0 Å². The molecule has 0 aromatic heterocycles. The van der Waals surface area contributed by atoms with E-state index in [-0.39, 0.29) is 5.69 Å². The Labute approximate surface area is 153 Å². The summed E-state index contributed by atoms with van der Waals surface area (Å²) in [6, 6.07) is 3.05. The molecule has 1 aromatic carbocycles. The summed E-state index contributed by atoms with van der Waals surface area (Å²) in [4.78, 5) is 4.13. The highest BCUT2D eigenvalue weighted by atomic mass is 19.1. The summed E-state index contributed by atoms with van der Waals surface area (Å²) in [6.45, 7) is 14.4. The number of rotatable bonds is 7. The number of anilines is 1. The van der Waals surface area contributed by atoms with Crippen LogP contribution in [-0.4, -0.2) is 31.1 Å². The van der Waals surface area contributed by atoms with Gasteiger partial charge in [-0.05, 0) is 62.4 Å². The van der Waals surface area contributed by atoms with Gasteiger partial charge in [0.15, 0.2) is 0 Å². The van der Waals surface area contributed by atoms with E-state index in [4.69, 9.17) is 0 Å². The van der Waals surface area contributed by atoms with Crippen LogP contribution in [-0.2, 0) is 6.54 Å². The Balaban J connectivity index is 0.00000151. The average molecular weight is 355 g/mol. The maximum Gasteiger partial charge on any atom is 0.149 e. The summed E-state index contributed by atoms with van der Waals surface area (Å²) in [5, 5.41) is 0. The topological polar surface area (TPSA) is 6.48 Å². The van der Waals surface area contributed by atoms with Crippen LogP contribution in [0.2, 0.25) is 0 Å². The van der Waals surface area contributed by atoms with E-state index in [0.717, 1.165) is 37.4 Å². The highest BCUT2D eigenvalue weighted by molar-refractivity contribution is 5.50. The first kappa shape index (κ1) is 21.9. The maximum absolute atomic E-state index is 14.5. The lowest BCUT2D eigenvalue weighted by atomic mass is 9.99. The van der Waals surface area contributed by atoms with Crippen molar-refractivity contribution in [2.75, 3.05) is 31.1 Å². The molecule has 0 aliphatic carbocycles. The van der Waals surface area contributed by atoms with Crippen LogP contribution in [0.4, 0.5) is 14.5 Å². The second-order valence-corrected chi connectivity index (χ2v) is 6.85. The fraction of sp³-hybridized carbons (Fsp3) is 0.714. The maximum atomic E-state index is 14.5. The summed E-state index contributed by atoms with van der Waals surface area (Å²) < 4.78 is 29.0. The molecule has 0 saturated carbocycles. The molecule has 2 rings (SSSR count). The van der Waals surface area contributed by atoms with E-state index in [9.17, 15) is 8.78 Å². The lowest BCUT2D eigenvalue weighted by molar-refractivity contribution is 0.185. The Bertz CT molecular complexity index is 468. The Kier molecular flexibility index (Phi) is 10.0. The molecule has 25 heavy (non-hydrogen) atoms. The van der Waals surface area contributed by atoms with Crippen LogP contribution in [0.5, 0.6) is 0 Å². The number of halogens is 2. The SMILES string of the molecule is CC.CCCN(CCC)c1c(F)cc(CN2CCC(C)CC2)cc1F. The quantitative estimate of drug-likeness (QED) is 0.606. The standard InChI is InChI=1S/C19H30F2N2.C2H6/c1-4-8-23(9-5-2)19-17(20)12-16(13-18(19)21)14-22-10-6-15(3)7-11-22;1-2/h12-13,15H,4-11,14H2,1-3H3;1-2H3. The van der Waals surface area contributed by atoms with Gasteiger partial charge in [-0.1, -0.05) is 34.6 Å². The van der Waals surface area contributed by atoms with E-state index in [1.807, 2.05) is 32.6 Å². The van der Waals surface area contributed by atoms with Crippen molar-refractivity contribution in [1.29, 1.82) is 0 Å². The molecule has 0 amide bonds. The van der Waals surface area contributed by atoms with Crippen molar-refractivity contribution in [3.05, 3.63) is 29.3 Å². The first-order valence-electron chi connectivity index (χ1n) is 10.00. The molecular formula is C21H36F2N2. The summed E-state index contributed by atoms with van der Waals surface area (Å²) in [5.74, 6) is -0.0849. The van der Waals surface area contributed by atoms with Crippen molar-refractivity contribution in [3.63, 3.8) is 0 Å². The Morgan fingerprint density at radius 3 is 1.92 bits per heavy atom. The number of piperidine rings is 1. The van der Waals surface area contributed by atoms with E-state index >= 15 is 0 Å². The fourth-order valence-corrected chi connectivity index (χ4v) is 3.37. The number of benzene rings is 1. The molecule has 0 bridgehead atoms. The molecule has 1 saturated heterocycles. The van der Waals surface area contributed by atoms with Crippen LogP contribution in [0, 0.1) is 17.6 Å². The third kappa shape index (κ3) is 6.58. The smallest absolute Gasteiger partial charge is 0.149 e. The van der Waals surface area contributed by atoms with Crippen molar-refractivity contribution < 1.29 is 8.78 Å². The normalized spacial score (nSPS) is 15.6. The van der Waals surface area contributed by atoms with Crippen LogP contribution >= 0.6 is 0 Å². The van der Waals surface area contributed by atoms with E-state index < -0.39 is 11.6 Å². The zero-order valence-corrected chi connectivity index (χ0v) is 16.7. The molecule has 1 aliphatic heterocycles. The molecule has 1 heterocycles. The molecule has 1 aliphatic rings. The van der Waals surface area contributed by atoms with Gasteiger partial charge >= 0.3 is 0 Å². The van der Waals surface area contributed by atoms with Gasteiger partial charge in [0, 0.05) is 19.6 Å². The van der Waals surface area contributed by atoms with E-state index in [0.29, 0.717) is 19.6 Å². The molecule has 0 spiro atoms. The van der Waals surface area contributed by atoms with Gasteiger partial charge in [-0.2, -0.15) is 0 Å². The number of hydrogen-bond donors (Lipinski definition) is 0. The molecule has 144 valence electrons. The molecule has 0 N–H and O–H groups in total. The van der Waals surface area contributed by atoms with Crippen LogP contribution in [0.15, 0.2) is 12.1 Å². The highest BCUT2D eigenvalue weighted by Crippen LogP contribution is 2.27. The van der Waals surface area contributed by atoms with E-state index in [2.05, 4.69) is 11.8 Å². The molecule has 4 heteroatoms. The van der Waals surface area contributed by atoms with Gasteiger partial charge in [-0.15, -0.1) is 0 Å². The van der Waals surface area contributed by atoms with Crippen molar-refractivity contribution >= 4 is 5.69 Å². The van der Waals surface area contributed by atoms with Crippen molar-refractivity contribution in [3.8, 4) is 0 Å². The van der Waals surface area contributed by atoms with Gasteiger partial charge in [-0.3, -0.25) is 4.90 Å². The van der Waals surface area contributed by atoms with E-state index in [1.165, 1.54) is 25.0 Å². The molecule has 0 atom stereocenters. The number of hydrogen-bond acceptors (Lipinski definition) is 2. The van der Waals surface area contributed by atoms with Crippen LogP contribution < -0.4 is 4.90 Å². The van der Waals surface area contributed by atoms with Gasteiger partial charge < -0.3 is 4.90 Å². The van der Waals surface area contributed by atoms with Gasteiger partial charge in [-0.25, -0.2) is 8.78 Å². The Morgan fingerprint density at radius 1 is 1.00 bits per heavy atom. The predicted octanol–water partition coefficient (Wildman–Crippen LogP) is 5.85. The minimum absolute atomic E-state index is 0.143. The minimum Gasteiger partial charge on any atom is -0.367 e. The average Bonchev–Trinajstić information content (AvgIpc) is 2.58. The molecule has 1 aromatic rings. The van der Waals surface area contributed by atoms with Crippen LogP contribution in [0.1, 0.15) is 65.9 Å². The molecule has 0 unspecified atom stereocenters. The second kappa shape index (κ2) is 11.5. The summed E-state index contributed by atoms with van der Waals surface area (Å²) in [7, 11) is 0. The Morgan fingerprint density at radius 2 is 1.48 bits per heavy atom. The summed E-state index contributed by atoms with van der Waals surface area (Å²) in [5.41, 5.74) is 0.885. The number of nitrogens with zero attached hydrogens (tertiary/aromatic N) is 2. The van der Waals surface area contributed by atoms with Crippen molar-refractivity contribution in [1.82, 2.24) is 4.90 Å². The van der Waals surface area contributed by atoms with Crippen molar-refractivity contribution in [2.24, 2.45) is 5.92 Å². The minimum atomic E-state index is -0.424. The predicted molar refractivity (Wildman–Crippen MR) is 104 cm³/mol.